The van der Waals surface area contributed by atoms with Gasteiger partial charge in [-0.1, -0.05) is 30.3 Å². The molecule has 0 unspecified atom stereocenters. The Labute approximate surface area is 132 Å². The molecule has 0 amide bonds. The van der Waals surface area contributed by atoms with Crippen molar-refractivity contribution in [1.29, 1.82) is 0 Å². The smallest absolute Gasteiger partial charge is 0.387 e. The van der Waals surface area contributed by atoms with Gasteiger partial charge in [-0.2, -0.15) is 13.9 Å². The first-order valence-corrected chi connectivity index (χ1v) is 7.06. The highest BCUT2D eigenvalue weighted by Crippen LogP contribution is 2.27. The second-order valence-corrected chi connectivity index (χ2v) is 4.71. The Balaban J connectivity index is 2.35. The van der Waals surface area contributed by atoms with E-state index in [0.717, 1.165) is 10.8 Å². The Hall–Kier alpha value is -2.28. The van der Waals surface area contributed by atoms with E-state index in [2.05, 4.69) is 20.6 Å². The number of nitrogens with zero attached hydrogens (tertiary/aromatic N) is 1. The monoisotopic (exact) mass is 323 g/mol. The number of thiocarbonyl (C=S) groups is 1. The normalized spacial score (nSPS) is 11.1. The highest BCUT2D eigenvalue weighted by Gasteiger charge is 2.11. The van der Waals surface area contributed by atoms with E-state index in [-0.39, 0.29) is 5.75 Å². The molecular weight excluding hydrogens is 308 g/mol. The molecule has 0 fully saturated rings. The Kier molecular flexibility index (Phi) is 5.60. The summed E-state index contributed by atoms with van der Waals surface area (Å²) in [6, 6.07) is 10.6. The Morgan fingerprint density at radius 1 is 1.32 bits per heavy atom. The van der Waals surface area contributed by atoms with E-state index in [1.807, 2.05) is 31.2 Å². The first kappa shape index (κ1) is 16.1. The molecule has 0 saturated heterocycles. The van der Waals surface area contributed by atoms with E-state index in [0.29, 0.717) is 17.2 Å². The van der Waals surface area contributed by atoms with E-state index in [1.54, 1.807) is 6.07 Å². The van der Waals surface area contributed by atoms with E-state index >= 15 is 0 Å². The number of ether oxygens (including phenoxy) is 1. The van der Waals surface area contributed by atoms with Gasteiger partial charge in [0.1, 0.15) is 5.75 Å². The van der Waals surface area contributed by atoms with Gasteiger partial charge in [0.15, 0.2) is 5.11 Å². The number of rotatable bonds is 5. The predicted molar refractivity (Wildman–Crippen MR) is 87.6 cm³/mol. The lowest BCUT2D eigenvalue weighted by molar-refractivity contribution is -0.0498. The highest BCUT2D eigenvalue weighted by atomic mass is 32.1. The summed E-state index contributed by atoms with van der Waals surface area (Å²) in [5, 5.41) is 8.87. The van der Waals surface area contributed by atoms with E-state index in [1.165, 1.54) is 12.3 Å². The maximum absolute atomic E-state index is 12.5. The Morgan fingerprint density at radius 2 is 2.09 bits per heavy atom. The minimum Gasteiger partial charge on any atom is -0.434 e. The number of alkyl halides is 2. The maximum Gasteiger partial charge on any atom is 0.387 e. The average molecular weight is 323 g/mol. The number of nitrogens with one attached hydrogen (secondary N) is 2. The quantitative estimate of drug-likeness (QED) is 0.504. The molecule has 0 heterocycles. The molecule has 116 valence electrons. The molecule has 2 aromatic carbocycles. The first-order chi connectivity index (χ1) is 10.6. The van der Waals surface area contributed by atoms with Crippen LogP contribution in [-0.2, 0) is 0 Å². The summed E-state index contributed by atoms with van der Waals surface area (Å²) in [7, 11) is 0. The molecule has 2 aromatic rings. The Bertz CT molecular complexity index is 692. The van der Waals surface area contributed by atoms with Crippen LogP contribution in [0.3, 0.4) is 0 Å². The van der Waals surface area contributed by atoms with Crippen LogP contribution in [0.25, 0.3) is 10.8 Å². The molecule has 0 aliphatic rings. The van der Waals surface area contributed by atoms with Gasteiger partial charge in [0, 0.05) is 12.1 Å². The van der Waals surface area contributed by atoms with Crippen molar-refractivity contribution in [1.82, 2.24) is 10.7 Å². The second-order valence-electron chi connectivity index (χ2n) is 4.31. The lowest BCUT2D eigenvalue weighted by atomic mass is 10.0. The van der Waals surface area contributed by atoms with Crippen molar-refractivity contribution in [3.63, 3.8) is 0 Å². The molecule has 0 saturated carbocycles. The van der Waals surface area contributed by atoms with Crippen molar-refractivity contribution < 1.29 is 13.5 Å². The van der Waals surface area contributed by atoms with E-state index < -0.39 is 6.61 Å². The fourth-order valence-electron chi connectivity index (χ4n) is 1.96. The number of hydrogen-bond donors (Lipinski definition) is 2. The molecule has 7 heteroatoms. The van der Waals surface area contributed by atoms with Crippen LogP contribution in [0, 0.1) is 0 Å². The minimum atomic E-state index is -2.90. The van der Waals surface area contributed by atoms with Gasteiger partial charge in [-0.25, -0.2) is 0 Å². The van der Waals surface area contributed by atoms with Crippen LogP contribution in [0.2, 0.25) is 0 Å². The SMILES string of the molecule is CCNC(=S)N/N=C\c1c(OC(F)F)ccc2ccccc12. The van der Waals surface area contributed by atoms with Gasteiger partial charge in [-0.15, -0.1) is 0 Å². The summed E-state index contributed by atoms with van der Waals surface area (Å²) in [6.07, 6.45) is 1.42. The zero-order chi connectivity index (χ0) is 15.9. The minimum absolute atomic E-state index is 0.0635. The summed E-state index contributed by atoms with van der Waals surface area (Å²) in [5.74, 6) is 0.0635. The molecule has 2 N–H and O–H groups in total. The molecule has 0 spiro atoms. The number of hydrazone groups is 1. The summed E-state index contributed by atoms with van der Waals surface area (Å²) in [6.45, 7) is -0.337. The fraction of sp³-hybridized carbons (Fsp3) is 0.200. The highest BCUT2D eigenvalue weighted by molar-refractivity contribution is 7.80. The van der Waals surface area contributed by atoms with Crippen LogP contribution in [-0.4, -0.2) is 24.5 Å². The summed E-state index contributed by atoms with van der Waals surface area (Å²) < 4.78 is 29.6. The molecule has 22 heavy (non-hydrogen) atoms. The van der Waals surface area contributed by atoms with Gasteiger partial charge in [0.25, 0.3) is 0 Å². The van der Waals surface area contributed by atoms with Gasteiger partial charge in [0.05, 0.1) is 6.21 Å². The average Bonchev–Trinajstić information content (AvgIpc) is 2.49. The molecule has 0 atom stereocenters. The van der Waals surface area contributed by atoms with Crippen molar-refractivity contribution in [3.8, 4) is 5.75 Å². The van der Waals surface area contributed by atoms with E-state index in [4.69, 9.17) is 12.2 Å². The standard InChI is InChI=1S/C15H15F2N3OS/c1-2-18-15(22)20-19-9-12-11-6-4-3-5-10(11)7-8-13(12)21-14(16)17/h3-9,14H,2H2,1H3,(H2,18,20,22)/b19-9-. The maximum atomic E-state index is 12.5. The third kappa shape index (κ3) is 4.11. The van der Waals surface area contributed by atoms with Crippen LogP contribution in [0.15, 0.2) is 41.5 Å². The molecule has 0 radical (unpaired) electrons. The van der Waals surface area contributed by atoms with Crippen LogP contribution < -0.4 is 15.5 Å². The lowest BCUT2D eigenvalue weighted by Crippen LogP contribution is -2.31. The van der Waals surface area contributed by atoms with Crippen molar-refractivity contribution in [2.75, 3.05) is 6.54 Å². The van der Waals surface area contributed by atoms with Crippen molar-refractivity contribution in [2.45, 2.75) is 13.5 Å². The zero-order valence-electron chi connectivity index (χ0n) is 11.8. The molecule has 0 bridgehead atoms. The number of benzene rings is 2. The van der Waals surface area contributed by atoms with Crippen LogP contribution in [0.1, 0.15) is 12.5 Å². The van der Waals surface area contributed by atoms with Gasteiger partial charge in [0.2, 0.25) is 0 Å². The topological polar surface area (TPSA) is 45.7 Å². The lowest BCUT2D eigenvalue weighted by Gasteiger charge is -2.11. The first-order valence-electron chi connectivity index (χ1n) is 6.65. The molecule has 4 nitrogen and oxygen atoms in total. The summed E-state index contributed by atoms with van der Waals surface area (Å²) in [4.78, 5) is 0. The predicted octanol–water partition coefficient (Wildman–Crippen LogP) is 3.26. The van der Waals surface area contributed by atoms with Gasteiger partial charge in [-0.05, 0) is 36.0 Å². The van der Waals surface area contributed by atoms with Crippen LogP contribution in [0.4, 0.5) is 8.78 Å². The molecular formula is C15H15F2N3OS. The van der Waals surface area contributed by atoms with Crippen molar-refractivity contribution in [3.05, 3.63) is 42.0 Å². The van der Waals surface area contributed by atoms with Gasteiger partial charge < -0.3 is 10.1 Å². The van der Waals surface area contributed by atoms with Gasteiger partial charge >= 0.3 is 6.61 Å². The third-order valence-corrected chi connectivity index (χ3v) is 3.08. The van der Waals surface area contributed by atoms with Crippen molar-refractivity contribution in [2.24, 2.45) is 5.10 Å². The third-order valence-electron chi connectivity index (χ3n) is 2.84. The molecule has 2 rings (SSSR count). The number of fused-ring (bicyclic) bond motifs is 1. The van der Waals surface area contributed by atoms with Crippen molar-refractivity contribution >= 4 is 34.3 Å². The molecule has 0 aromatic heterocycles. The van der Waals surface area contributed by atoms with Crippen LogP contribution >= 0.6 is 12.2 Å². The molecule has 0 aliphatic carbocycles. The largest absolute Gasteiger partial charge is 0.434 e. The van der Waals surface area contributed by atoms with Crippen LogP contribution in [0.5, 0.6) is 5.75 Å². The molecule has 0 aliphatic heterocycles. The second kappa shape index (κ2) is 7.65. The Morgan fingerprint density at radius 3 is 2.82 bits per heavy atom. The fourth-order valence-corrected chi connectivity index (χ4v) is 2.16. The van der Waals surface area contributed by atoms with E-state index in [9.17, 15) is 8.78 Å². The summed E-state index contributed by atoms with van der Waals surface area (Å²) in [5.41, 5.74) is 3.09. The number of hydrogen-bond acceptors (Lipinski definition) is 3. The van der Waals surface area contributed by atoms with Gasteiger partial charge in [-0.3, -0.25) is 5.43 Å². The summed E-state index contributed by atoms with van der Waals surface area (Å²) >= 11 is 4.98. The zero-order valence-corrected chi connectivity index (χ0v) is 12.7. The number of halogens is 2.